The lowest BCUT2D eigenvalue weighted by Gasteiger charge is -2.06. The Balaban J connectivity index is 2.22. The van der Waals surface area contributed by atoms with Crippen LogP contribution in [0.5, 0.6) is 0 Å². The van der Waals surface area contributed by atoms with Crippen LogP contribution < -0.4 is 0 Å². The van der Waals surface area contributed by atoms with E-state index in [0.29, 0.717) is 6.42 Å². The second-order valence-electron chi connectivity index (χ2n) is 4.74. The van der Waals surface area contributed by atoms with Crippen LogP contribution in [-0.2, 0) is 11.2 Å². The number of hydrogen-bond donors (Lipinski definition) is 1. The van der Waals surface area contributed by atoms with E-state index in [1.54, 1.807) is 0 Å². The number of carboxylic acids is 1. The first-order valence-electron chi connectivity index (χ1n) is 6.37. The molecule has 0 aliphatic rings. The van der Waals surface area contributed by atoms with Crippen molar-refractivity contribution in [3.05, 3.63) is 34.9 Å². The quantitative estimate of drug-likeness (QED) is 0.727. The minimum atomic E-state index is -0.681. The van der Waals surface area contributed by atoms with E-state index >= 15 is 0 Å². The molecule has 0 fully saturated rings. The monoisotopic (exact) mass is 234 g/mol. The minimum absolute atomic E-state index is 0.309. The van der Waals surface area contributed by atoms with Gasteiger partial charge in [0.25, 0.3) is 0 Å². The second-order valence-corrected chi connectivity index (χ2v) is 4.74. The van der Waals surface area contributed by atoms with Gasteiger partial charge in [0.05, 0.1) is 0 Å². The van der Waals surface area contributed by atoms with Crippen molar-refractivity contribution in [2.24, 2.45) is 0 Å². The van der Waals surface area contributed by atoms with Crippen molar-refractivity contribution in [1.29, 1.82) is 0 Å². The summed E-state index contributed by atoms with van der Waals surface area (Å²) in [6, 6.07) is 6.58. The van der Waals surface area contributed by atoms with Crippen molar-refractivity contribution in [3.8, 4) is 0 Å². The molecule has 2 heteroatoms. The topological polar surface area (TPSA) is 37.3 Å². The minimum Gasteiger partial charge on any atom is -0.481 e. The van der Waals surface area contributed by atoms with Gasteiger partial charge in [-0.15, -0.1) is 0 Å². The molecule has 0 unspecified atom stereocenters. The molecule has 0 saturated heterocycles. The molecular weight excluding hydrogens is 212 g/mol. The Morgan fingerprint density at radius 1 is 1.12 bits per heavy atom. The van der Waals surface area contributed by atoms with Crippen LogP contribution in [-0.4, -0.2) is 11.1 Å². The summed E-state index contributed by atoms with van der Waals surface area (Å²) in [6.07, 6.45) is 5.54. The number of unbranched alkanes of at least 4 members (excludes halogenated alkanes) is 3. The molecule has 0 aromatic heterocycles. The highest BCUT2D eigenvalue weighted by molar-refractivity contribution is 5.66. The third-order valence-electron chi connectivity index (χ3n) is 3.09. The Morgan fingerprint density at radius 3 is 2.53 bits per heavy atom. The third kappa shape index (κ3) is 5.53. The van der Waals surface area contributed by atoms with Crippen molar-refractivity contribution in [2.45, 2.75) is 52.4 Å². The zero-order chi connectivity index (χ0) is 12.7. The number of carboxylic acid groups (broad SMARTS) is 1. The first-order valence-corrected chi connectivity index (χ1v) is 6.37. The zero-order valence-electron chi connectivity index (χ0n) is 10.8. The first-order chi connectivity index (χ1) is 8.09. The summed E-state index contributed by atoms with van der Waals surface area (Å²) in [6.45, 7) is 4.27. The molecule has 0 heterocycles. The lowest BCUT2D eigenvalue weighted by molar-refractivity contribution is -0.137. The Morgan fingerprint density at radius 2 is 1.82 bits per heavy atom. The SMILES string of the molecule is Cc1ccc(C)c(CCCCCCC(=O)O)c1. The summed E-state index contributed by atoms with van der Waals surface area (Å²) in [7, 11) is 0. The maximum atomic E-state index is 10.3. The number of hydrogen-bond acceptors (Lipinski definition) is 1. The molecule has 0 saturated carbocycles. The van der Waals surface area contributed by atoms with Crippen LogP contribution in [0.4, 0.5) is 0 Å². The molecule has 94 valence electrons. The number of carbonyl (C=O) groups is 1. The summed E-state index contributed by atoms with van der Waals surface area (Å²) in [5.41, 5.74) is 4.11. The van der Waals surface area contributed by atoms with Gasteiger partial charge in [-0.3, -0.25) is 4.79 Å². The number of aliphatic carboxylic acids is 1. The molecule has 1 aromatic rings. The predicted octanol–water partition coefficient (Wildman–Crippen LogP) is 3.88. The summed E-state index contributed by atoms with van der Waals surface area (Å²) in [5.74, 6) is -0.681. The van der Waals surface area contributed by atoms with Crippen LogP contribution in [0.1, 0.15) is 48.8 Å². The molecule has 1 aromatic carbocycles. The van der Waals surface area contributed by atoms with Gasteiger partial charge < -0.3 is 5.11 Å². The third-order valence-corrected chi connectivity index (χ3v) is 3.09. The Bertz CT molecular complexity index is 369. The first kappa shape index (κ1) is 13.8. The van der Waals surface area contributed by atoms with Crippen molar-refractivity contribution in [3.63, 3.8) is 0 Å². The molecule has 0 radical (unpaired) electrons. The van der Waals surface area contributed by atoms with Crippen LogP contribution in [0.25, 0.3) is 0 Å². The van der Waals surface area contributed by atoms with Gasteiger partial charge in [-0.05, 0) is 44.2 Å². The van der Waals surface area contributed by atoms with Crippen LogP contribution >= 0.6 is 0 Å². The van der Waals surface area contributed by atoms with Crippen molar-refractivity contribution >= 4 is 5.97 Å². The molecule has 0 aliphatic carbocycles. The second kappa shape index (κ2) is 7.10. The fourth-order valence-electron chi connectivity index (χ4n) is 2.01. The predicted molar refractivity (Wildman–Crippen MR) is 70.3 cm³/mol. The van der Waals surface area contributed by atoms with Crippen LogP contribution in [0.3, 0.4) is 0 Å². The fourth-order valence-corrected chi connectivity index (χ4v) is 2.01. The van der Waals surface area contributed by atoms with Crippen LogP contribution in [0.15, 0.2) is 18.2 Å². The highest BCUT2D eigenvalue weighted by Crippen LogP contribution is 2.14. The molecule has 0 spiro atoms. The Kier molecular flexibility index (Phi) is 5.75. The van der Waals surface area contributed by atoms with E-state index in [1.807, 2.05) is 0 Å². The van der Waals surface area contributed by atoms with Gasteiger partial charge >= 0.3 is 5.97 Å². The molecule has 0 aliphatic heterocycles. The highest BCUT2D eigenvalue weighted by Gasteiger charge is 2.00. The smallest absolute Gasteiger partial charge is 0.303 e. The van der Waals surface area contributed by atoms with E-state index in [9.17, 15) is 4.79 Å². The van der Waals surface area contributed by atoms with Gasteiger partial charge in [0.15, 0.2) is 0 Å². The lowest BCUT2D eigenvalue weighted by atomic mass is 9.99. The summed E-state index contributed by atoms with van der Waals surface area (Å²) < 4.78 is 0. The fraction of sp³-hybridized carbons (Fsp3) is 0.533. The standard InChI is InChI=1S/C15H22O2/c1-12-9-10-13(2)14(11-12)7-5-3-4-6-8-15(16)17/h9-11H,3-8H2,1-2H3,(H,16,17). The van der Waals surface area contributed by atoms with Gasteiger partial charge in [-0.2, -0.15) is 0 Å². The zero-order valence-corrected chi connectivity index (χ0v) is 10.8. The largest absolute Gasteiger partial charge is 0.481 e. The maximum Gasteiger partial charge on any atom is 0.303 e. The van der Waals surface area contributed by atoms with Gasteiger partial charge in [-0.1, -0.05) is 36.6 Å². The van der Waals surface area contributed by atoms with E-state index < -0.39 is 5.97 Å². The summed E-state index contributed by atoms with van der Waals surface area (Å²) in [5, 5.41) is 8.51. The Labute approximate surface area is 104 Å². The lowest BCUT2D eigenvalue weighted by Crippen LogP contribution is -1.94. The molecule has 0 bridgehead atoms. The van der Waals surface area contributed by atoms with E-state index in [-0.39, 0.29) is 0 Å². The maximum absolute atomic E-state index is 10.3. The molecular formula is C15H22O2. The number of benzene rings is 1. The molecule has 2 nitrogen and oxygen atoms in total. The highest BCUT2D eigenvalue weighted by atomic mass is 16.4. The summed E-state index contributed by atoms with van der Waals surface area (Å²) in [4.78, 5) is 10.3. The molecule has 1 rings (SSSR count). The average Bonchev–Trinajstić information content (AvgIpc) is 2.27. The molecule has 17 heavy (non-hydrogen) atoms. The van der Waals surface area contributed by atoms with Gasteiger partial charge in [0.1, 0.15) is 0 Å². The average molecular weight is 234 g/mol. The van der Waals surface area contributed by atoms with Crippen molar-refractivity contribution < 1.29 is 9.90 Å². The number of aryl methyl sites for hydroxylation is 3. The summed E-state index contributed by atoms with van der Waals surface area (Å²) >= 11 is 0. The van der Waals surface area contributed by atoms with Gasteiger partial charge in [0.2, 0.25) is 0 Å². The van der Waals surface area contributed by atoms with E-state index in [1.165, 1.54) is 16.7 Å². The van der Waals surface area contributed by atoms with Crippen LogP contribution in [0.2, 0.25) is 0 Å². The van der Waals surface area contributed by atoms with Crippen molar-refractivity contribution in [2.75, 3.05) is 0 Å². The Hall–Kier alpha value is -1.31. The normalized spacial score (nSPS) is 10.5. The van der Waals surface area contributed by atoms with E-state index in [4.69, 9.17) is 5.11 Å². The molecule has 0 amide bonds. The van der Waals surface area contributed by atoms with Crippen molar-refractivity contribution in [1.82, 2.24) is 0 Å². The van der Waals surface area contributed by atoms with Crippen LogP contribution in [0, 0.1) is 13.8 Å². The van der Waals surface area contributed by atoms with E-state index in [2.05, 4.69) is 32.0 Å². The molecule has 1 N–H and O–H groups in total. The molecule has 0 atom stereocenters. The van der Waals surface area contributed by atoms with Gasteiger partial charge in [-0.25, -0.2) is 0 Å². The van der Waals surface area contributed by atoms with Gasteiger partial charge in [0, 0.05) is 6.42 Å². The van der Waals surface area contributed by atoms with E-state index in [0.717, 1.165) is 32.1 Å². The number of rotatable bonds is 7.